The van der Waals surface area contributed by atoms with Crippen LogP contribution in [0.1, 0.15) is 29.3 Å². The highest BCUT2D eigenvalue weighted by Crippen LogP contribution is 2.33. The van der Waals surface area contributed by atoms with E-state index in [4.69, 9.17) is 0 Å². The SMILES string of the molecule is CCC(CO)N1CCN(C(=O)c2ccc(F)cc2C(F)(F)F)CC1. The highest BCUT2D eigenvalue weighted by molar-refractivity contribution is 5.96. The van der Waals surface area contributed by atoms with Crippen LogP contribution in [0, 0.1) is 5.82 Å². The Hall–Kier alpha value is -1.67. The first kappa shape index (κ1) is 18.7. The van der Waals surface area contributed by atoms with Gasteiger partial charge in [0.1, 0.15) is 5.82 Å². The molecule has 1 atom stereocenters. The number of amides is 1. The van der Waals surface area contributed by atoms with Crippen LogP contribution in [0.15, 0.2) is 18.2 Å². The molecule has 0 saturated carbocycles. The van der Waals surface area contributed by atoms with Gasteiger partial charge < -0.3 is 10.0 Å². The number of aliphatic hydroxyl groups is 1. The van der Waals surface area contributed by atoms with E-state index in [0.29, 0.717) is 19.2 Å². The zero-order valence-corrected chi connectivity index (χ0v) is 13.3. The molecule has 1 aliphatic rings. The van der Waals surface area contributed by atoms with Crippen molar-refractivity contribution in [2.45, 2.75) is 25.6 Å². The van der Waals surface area contributed by atoms with Gasteiger partial charge in [0, 0.05) is 32.2 Å². The highest BCUT2D eigenvalue weighted by Gasteiger charge is 2.37. The van der Waals surface area contributed by atoms with E-state index >= 15 is 0 Å². The zero-order chi connectivity index (χ0) is 17.9. The molecule has 1 N–H and O–H groups in total. The second-order valence-corrected chi connectivity index (χ2v) is 5.76. The summed E-state index contributed by atoms with van der Waals surface area (Å²) in [5.74, 6) is -1.78. The normalized spacial score (nSPS) is 17.8. The van der Waals surface area contributed by atoms with Gasteiger partial charge in [-0.15, -0.1) is 0 Å². The first-order valence-electron chi connectivity index (χ1n) is 7.78. The van der Waals surface area contributed by atoms with E-state index in [2.05, 4.69) is 0 Å². The molecule has 134 valence electrons. The summed E-state index contributed by atoms with van der Waals surface area (Å²) in [7, 11) is 0. The van der Waals surface area contributed by atoms with Crippen LogP contribution in [-0.2, 0) is 6.18 Å². The number of hydrogen-bond donors (Lipinski definition) is 1. The summed E-state index contributed by atoms with van der Waals surface area (Å²) >= 11 is 0. The van der Waals surface area contributed by atoms with Crippen molar-refractivity contribution in [2.24, 2.45) is 0 Å². The lowest BCUT2D eigenvalue weighted by molar-refractivity contribution is -0.138. The van der Waals surface area contributed by atoms with Crippen LogP contribution in [0.25, 0.3) is 0 Å². The fourth-order valence-electron chi connectivity index (χ4n) is 2.90. The molecule has 1 fully saturated rings. The number of carbonyl (C=O) groups excluding carboxylic acids is 1. The molecule has 8 heteroatoms. The number of carbonyl (C=O) groups is 1. The Kier molecular flexibility index (Phi) is 5.82. The van der Waals surface area contributed by atoms with Crippen LogP contribution in [0.5, 0.6) is 0 Å². The van der Waals surface area contributed by atoms with Gasteiger partial charge >= 0.3 is 6.18 Å². The van der Waals surface area contributed by atoms with Gasteiger partial charge in [-0.25, -0.2) is 4.39 Å². The van der Waals surface area contributed by atoms with Crippen LogP contribution in [-0.4, -0.2) is 59.6 Å². The maximum absolute atomic E-state index is 13.1. The third-order valence-electron chi connectivity index (χ3n) is 4.32. The molecule has 0 radical (unpaired) electrons. The zero-order valence-electron chi connectivity index (χ0n) is 13.3. The lowest BCUT2D eigenvalue weighted by Crippen LogP contribution is -2.52. The van der Waals surface area contributed by atoms with E-state index < -0.39 is 29.0 Å². The minimum Gasteiger partial charge on any atom is -0.395 e. The number of piperazine rings is 1. The number of benzene rings is 1. The maximum atomic E-state index is 13.1. The lowest BCUT2D eigenvalue weighted by Gasteiger charge is -2.38. The predicted octanol–water partition coefficient (Wildman–Crippen LogP) is 2.37. The van der Waals surface area contributed by atoms with Gasteiger partial charge in [0.15, 0.2) is 0 Å². The summed E-state index contributed by atoms with van der Waals surface area (Å²) in [6.07, 6.45) is -4.04. The number of hydrogen-bond acceptors (Lipinski definition) is 3. The Labute approximate surface area is 137 Å². The molecule has 1 aromatic rings. The van der Waals surface area contributed by atoms with Crippen molar-refractivity contribution in [1.82, 2.24) is 9.80 Å². The summed E-state index contributed by atoms with van der Waals surface area (Å²) in [4.78, 5) is 15.8. The largest absolute Gasteiger partial charge is 0.417 e. The van der Waals surface area contributed by atoms with Crippen LogP contribution in [0.2, 0.25) is 0 Å². The number of nitrogens with zero attached hydrogens (tertiary/aromatic N) is 2. The Morgan fingerprint density at radius 1 is 1.25 bits per heavy atom. The van der Waals surface area contributed by atoms with Crippen molar-refractivity contribution >= 4 is 5.91 Å². The minimum absolute atomic E-state index is 0.000625. The third kappa shape index (κ3) is 4.05. The summed E-state index contributed by atoms with van der Waals surface area (Å²) in [5.41, 5.74) is -1.79. The molecule has 1 saturated heterocycles. The quantitative estimate of drug-likeness (QED) is 0.850. The maximum Gasteiger partial charge on any atom is 0.417 e. The van der Waals surface area contributed by atoms with Gasteiger partial charge in [-0.05, 0) is 24.6 Å². The Morgan fingerprint density at radius 2 is 1.88 bits per heavy atom. The molecule has 2 rings (SSSR count). The topological polar surface area (TPSA) is 43.8 Å². The molecule has 24 heavy (non-hydrogen) atoms. The highest BCUT2D eigenvalue weighted by atomic mass is 19.4. The van der Waals surface area contributed by atoms with Crippen molar-refractivity contribution in [3.63, 3.8) is 0 Å². The van der Waals surface area contributed by atoms with E-state index in [0.717, 1.165) is 18.6 Å². The van der Waals surface area contributed by atoms with Crippen LogP contribution in [0.4, 0.5) is 17.6 Å². The van der Waals surface area contributed by atoms with Gasteiger partial charge in [0.05, 0.1) is 17.7 Å². The molecule has 1 amide bonds. The van der Waals surface area contributed by atoms with Crippen molar-refractivity contribution in [1.29, 1.82) is 0 Å². The van der Waals surface area contributed by atoms with E-state index in [9.17, 15) is 27.5 Å². The van der Waals surface area contributed by atoms with Crippen LogP contribution >= 0.6 is 0 Å². The molecule has 4 nitrogen and oxygen atoms in total. The van der Waals surface area contributed by atoms with E-state index in [1.54, 1.807) is 0 Å². The molecule has 0 spiro atoms. The number of aliphatic hydroxyl groups excluding tert-OH is 1. The Morgan fingerprint density at radius 3 is 2.38 bits per heavy atom. The average molecular weight is 348 g/mol. The van der Waals surface area contributed by atoms with Gasteiger partial charge in [0.2, 0.25) is 0 Å². The first-order chi connectivity index (χ1) is 11.3. The summed E-state index contributed by atoms with van der Waals surface area (Å²) in [5, 5.41) is 9.30. The second-order valence-electron chi connectivity index (χ2n) is 5.76. The second kappa shape index (κ2) is 7.48. The molecule has 1 unspecified atom stereocenters. The van der Waals surface area contributed by atoms with Crippen LogP contribution in [0.3, 0.4) is 0 Å². The molecular weight excluding hydrogens is 328 g/mol. The Bertz CT molecular complexity index is 580. The fourth-order valence-corrected chi connectivity index (χ4v) is 2.90. The van der Waals surface area contributed by atoms with E-state index in [1.807, 2.05) is 11.8 Å². The molecule has 1 heterocycles. The van der Waals surface area contributed by atoms with Crippen molar-refractivity contribution in [3.8, 4) is 0 Å². The molecule has 0 bridgehead atoms. The summed E-state index contributed by atoms with van der Waals surface area (Å²) in [6, 6.07) is 2.08. The molecular formula is C16H20F4N2O2. The number of alkyl halides is 3. The molecule has 1 aliphatic heterocycles. The predicted molar refractivity (Wildman–Crippen MR) is 80.0 cm³/mol. The van der Waals surface area contributed by atoms with Gasteiger partial charge in [-0.3, -0.25) is 9.69 Å². The van der Waals surface area contributed by atoms with Crippen molar-refractivity contribution in [3.05, 3.63) is 35.1 Å². The standard InChI is InChI=1S/C16H20F4N2O2/c1-2-12(10-23)21-5-7-22(8-6-21)15(24)13-4-3-11(17)9-14(13)16(18,19)20/h3-4,9,12,23H,2,5-8,10H2,1H3. The van der Waals surface area contributed by atoms with E-state index in [1.165, 1.54) is 4.90 Å². The fraction of sp³-hybridized carbons (Fsp3) is 0.562. The number of halogens is 4. The van der Waals surface area contributed by atoms with Gasteiger partial charge in [-0.2, -0.15) is 13.2 Å². The summed E-state index contributed by atoms with van der Waals surface area (Å²) < 4.78 is 52.3. The summed E-state index contributed by atoms with van der Waals surface area (Å²) in [6.45, 7) is 3.43. The first-order valence-corrected chi connectivity index (χ1v) is 7.78. The van der Waals surface area contributed by atoms with E-state index in [-0.39, 0.29) is 25.7 Å². The Balaban J connectivity index is 2.14. The van der Waals surface area contributed by atoms with Crippen LogP contribution < -0.4 is 0 Å². The molecule has 0 aromatic heterocycles. The van der Waals surface area contributed by atoms with Gasteiger partial charge in [-0.1, -0.05) is 6.92 Å². The third-order valence-corrected chi connectivity index (χ3v) is 4.32. The van der Waals surface area contributed by atoms with Crippen molar-refractivity contribution < 1.29 is 27.5 Å². The molecule has 1 aromatic carbocycles. The molecule has 0 aliphatic carbocycles. The van der Waals surface area contributed by atoms with Gasteiger partial charge in [0.25, 0.3) is 5.91 Å². The van der Waals surface area contributed by atoms with Crippen molar-refractivity contribution in [2.75, 3.05) is 32.8 Å². The smallest absolute Gasteiger partial charge is 0.395 e. The minimum atomic E-state index is -4.79. The average Bonchev–Trinajstić information content (AvgIpc) is 2.55. The lowest BCUT2D eigenvalue weighted by atomic mass is 10.0. The number of rotatable bonds is 4. The monoisotopic (exact) mass is 348 g/mol.